The van der Waals surface area contributed by atoms with Crippen molar-refractivity contribution < 1.29 is 0 Å². The van der Waals surface area contributed by atoms with Crippen molar-refractivity contribution in [1.29, 1.82) is 0 Å². The molecular formula is C27H34N4. The van der Waals surface area contributed by atoms with Gasteiger partial charge in [0.25, 0.3) is 0 Å². The van der Waals surface area contributed by atoms with Crippen molar-refractivity contribution in [1.82, 2.24) is 19.8 Å². The van der Waals surface area contributed by atoms with Crippen LogP contribution in [0.4, 0.5) is 0 Å². The minimum absolute atomic E-state index is 0.402. The molecule has 1 aliphatic carbocycles. The number of likely N-dealkylation sites (tertiary alicyclic amines) is 1. The van der Waals surface area contributed by atoms with E-state index in [-0.39, 0.29) is 0 Å². The Morgan fingerprint density at radius 1 is 0.935 bits per heavy atom. The Bertz CT molecular complexity index is 995. The molecule has 0 N–H and O–H groups in total. The van der Waals surface area contributed by atoms with Crippen molar-refractivity contribution in [3.8, 4) is 0 Å². The molecule has 3 aromatic rings. The van der Waals surface area contributed by atoms with E-state index in [2.05, 4.69) is 52.3 Å². The lowest BCUT2D eigenvalue weighted by molar-refractivity contribution is 0.146. The molecule has 0 bridgehead atoms. The number of aryl methyl sites for hydroxylation is 1. The summed E-state index contributed by atoms with van der Waals surface area (Å²) in [6.45, 7) is 5.76. The summed E-state index contributed by atoms with van der Waals surface area (Å²) in [5, 5.41) is 2.50. The first-order valence-electron chi connectivity index (χ1n) is 12.1. The normalized spacial score (nSPS) is 19.6. The van der Waals surface area contributed by atoms with E-state index in [4.69, 9.17) is 9.97 Å². The van der Waals surface area contributed by atoms with Crippen LogP contribution in [0.1, 0.15) is 61.5 Å². The number of benzene rings is 1. The van der Waals surface area contributed by atoms with E-state index in [9.17, 15) is 0 Å². The molecule has 3 heterocycles. The van der Waals surface area contributed by atoms with Gasteiger partial charge in [0.05, 0.1) is 17.4 Å². The zero-order valence-electron chi connectivity index (χ0n) is 18.5. The lowest BCUT2D eigenvalue weighted by atomic mass is 9.90. The molecule has 2 aliphatic rings. The molecule has 1 aromatic carbocycles. The summed E-state index contributed by atoms with van der Waals surface area (Å²) in [5.74, 6) is 0. The molecule has 1 fully saturated rings. The van der Waals surface area contributed by atoms with Gasteiger partial charge in [-0.15, -0.1) is 0 Å². The second-order valence-electron chi connectivity index (χ2n) is 9.20. The van der Waals surface area contributed by atoms with Gasteiger partial charge in [-0.05, 0) is 81.2 Å². The van der Waals surface area contributed by atoms with Gasteiger partial charge in [-0.3, -0.25) is 14.9 Å². The van der Waals surface area contributed by atoms with Crippen LogP contribution in [-0.4, -0.2) is 45.9 Å². The van der Waals surface area contributed by atoms with Gasteiger partial charge in [-0.1, -0.05) is 36.8 Å². The van der Waals surface area contributed by atoms with Crippen LogP contribution >= 0.6 is 0 Å². The Hall–Kier alpha value is -2.30. The van der Waals surface area contributed by atoms with Gasteiger partial charge in [0.15, 0.2) is 0 Å². The molecule has 0 radical (unpaired) electrons. The van der Waals surface area contributed by atoms with Crippen molar-refractivity contribution in [2.45, 2.75) is 57.5 Å². The molecule has 5 rings (SSSR count). The fraction of sp³-hybridized carbons (Fsp3) is 0.481. The summed E-state index contributed by atoms with van der Waals surface area (Å²) in [4.78, 5) is 15.0. The molecule has 0 saturated carbocycles. The quantitative estimate of drug-likeness (QED) is 0.519. The van der Waals surface area contributed by atoms with Crippen LogP contribution in [0.3, 0.4) is 0 Å². The van der Waals surface area contributed by atoms with Crippen LogP contribution in [-0.2, 0) is 13.0 Å². The summed E-state index contributed by atoms with van der Waals surface area (Å²) < 4.78 is 0. The van der Waals surface area contributed by atoms with Gasteiger partial charge < -0.3 is 4.90 Å². The van der Waals surface area contributed by atoms with E-state index >= 15 is 0 Å². The van der Waals surface area contributed by atoms with Crippen molar-refractivity contribution in [3.05, 3.63) is 71.8 Å². The van der Waals surface area contributed by atoms with Gasteiger partial charge in [-0.25, -0.2) is 0 Å². The Morgan fingerprint density at radius 2 is 1.81 bits per heavy atom. The highest BCUT2D eigenvalue weighted by atomic mass is 15.2. The molecular weight excluding hydrogens is 380 g/mol. The first-order valence-corrected chi connectivity index (χ1v) is 12.1. The lowest BCUT2D eigenvalue weighted by Gasteiger charge is -2.35. The monoisotopic (exact) mass is 414 g/mol. The molecule has 4 heteroatoms. The fourth-order valence-corrected chi connectivity index (χ4v) is 5.39. The number of rotatable bonds is 7. The standard InChI is InChI=1S/C27H34N4/c1-4-15-30(16-5-1)17-8-18-31(26-13-6-11-22-12-7-14-28-27(22)26)21-25-19-23-9-2-3-10-24(23)20-29-25/h2-3,7,9-10,12,14,19-20,26H,1,4-6,8,11,13,15-18,21H2/t26-/m0/s1. The summed E-state index contributed by atoms with van der Waals surface area (Å²) >= 11 is 0. The number of hydrogen-bond donors (Lipinski definition) is 0. The Morgan fingerprint density at radius 3 is 2.71 bits per heavy atom. The van der Waals surface area contributed by atoms with E-state index in [1.54, 1.807) is 0 Å². The van der Waals surface area contributed by atoms with Crippen molar-refractivity contribution in [3.63, 3.8) is 0 Å². The molecule has 2 aromatic heterocycles. The van der Waals surface area contributed by atoms with E-state index in [1.807, 2.05) is 12.4 Å². The number of aromatic nitrogens is 2. The Kier molecular flexibility index (Phi) is 6.57. The molecule has 0 spiro atoms. The maximum atomic E-state index is 4.84. The Balaban J connectivity index is 1.35. The molecule has 1 saturated heterocycles. The van der Waals surface area contributed by atoms with E-state index in [1.165, 1.54) is 85.9 Å². The molecule has 0 amide bonds. The number of hydrogen-bond acceptors (Lipinski definition) is 4. The minimum atomic E-state index is 0.402. The minimum Gasteiger partial charge on any atom is -0.303 e. The number of pyridine rings is 2. The highest BCUT2D eigenvalue weighted by Crippen LogP contribution is 2.34. The van der Waals surface area contributed by atoms with Crippen LogP contribution in [0.15, 0.2) is 54.9 Å². The third-order valence-corrected chi connectivity index (χ3v) is 7.03. The van der Waals surface area contributed by atoms with Gasteiger partial charge in [0.2, 0.25) is 0 Å². The maximum absolute atomic E-state index is 4.84. The van der Waals surface area contributed by atoms with Crippen LogP contribution in [0.5, 0.6) is 0 Å². The Labute approximate surface area is 186 Å². The zero-order chi connectivity index (χ0) is 20.9. The van der Waals surface area contributed by atoms with Gasteiger partial charge >= 0.3 is 0 Å². The van der Waals surface area contributed by atoms with E-state index in [0.717, 1.165) is 19.5 Å². The average molecular weight is 415 g/mol. The largest absolute Gasteiger partial charge is 0.303 e. The third-order valence-electron chi connectivity index (χ3n) is 7.03. The van der Waals surface area contributed by atoms with Crippen molar-refractivity contribution in [2.75, 3.05) is 26.2 Å². The molecule has 0 unspecified atom stereocenters. The average Bonchev–Trinajstić information content (AvgIpc) is 2.84. The number of piperidine rings is 1. The molecule has 1 atom stereocenters. The highest BCUT2D eigenvalue weighted by Gasteiger charge is 2.27. The van der Waals surface area contributed by atoms with Gasteiger partial charge in [0, 0.05) is 30.9 Å². The smallest absolute Gasteiger partial charge is 0.0607 e. The van der Waals surface area contributed by atoms with Crippen LogP contribution in [0, 0.1) is 0 Å². The van der Waals surface area contributed by atoms with Crippen molar-refractivity contribution in [2.24, 2.45) is 0 Å². The predicted octanol–water partition coefficient (Wildman–Crippen LogP) is 5.39. The summed E-state index contributed by atoms with van der Waals surface area (Å²) in [6.07, 6.45) is 13.0. The van der Waals surface area contributed by atoms with Crippen LogP contribution in [0.25, 0.3) is 10.8 Å². The third kappa shape index (κ3) is 4.97. The SMILES string of the molecule is c1cnc2c(c1)CCC[C@@H]2N(CCCN1CCCCC1)Cc1cc2ccccc2cn1. The van der Waals surface area contributed by atoms with Gasteiger partial charge in [0.1, 0.15) is 0 Å². The summed E-state index contributed by atoms with van der Waals surface area (Å²) in [5.41, 5.74) is 3.90. The second kappa shape index (κ2) is 9.88. The molecule has 162 valence electrons. The summed E-state index contributed by atoms with van der Waals surface area (Å²) in [6, 6.07) is 15.6. The zero-order valence-corrected chi connectivity index (χ0v) is 18.5. The predicted molar refractivity (Wildman–Crippen MR) is 127 cm³/mol. The fourth-order valence-electron chi connectivity index (χ4n) is 5.39. The van der Waals surface area contributed by atoms with E-state index < -0.39 is 0 Å². The second-order valence-corrected chi connectivity index (χ2v) is 9.20. The van der Waals surface area contributed by atoms with E-state index in [0.29, 0.717) is 6.04 Å². The van der Waals surface area contributed by atoms with Crippen LogP contribution < -0.4 is 0 Å². The van der Waals surface area contributed by atoms with Crippen molar-refractivity contribution >= 4 is 10.8 Å². The van der Waals surface area contributed by atoms with Gasteiger partial charge in [-0.2, -0.15) is 0 Å². The first kappa shape index (κ1) is 20.6. The molecule has 1 aliphatic heterocycles. The number of fused-ring (bicyclic) bond motifs is 2. The molecule has 4 nitrogen and oxygen atoms in total. The highest BCUT2D eigenvalue weighted by molar-refractivity contribution is 5.81. The lowest BCUT2D eigenvalue weighted by Crippen LogP contribution is -2.36. The topological polar surface area (TPSA) is 32.3 Å². The number of nitrogens with zero attached hydrogens (tertiary/aromatic N) is 4. The summed E-state index contributed by atoms with van der Waals surface area (Å²) in [7, 11) is 0. The maximum Gasteiger partial charge on any atom is 0.0607 e. The molecule has 31 heavy (non-hydrogen) atoms. The first-order chi connectivity index (χ1) is 15.4. The van der Waals surface area contributed by atoms with Crippen LogP contribution in [0.2, 0.25) is 0 Å².